The van der Waals surface area contributed by atoms with Gasteiger partial charge in [-0.25, -0.2) is 0 Å². The van der Waals surface area contributed by atoms with Crippen LogP contribution in [0.3, 0.4) is 0 Å². The molecule has 1 amide bonds. The van der Waals surface area contributed by atoms with Crippen molar-refractivity contribution in [2.24, 2.45) is 0 Å². The number of benzene rings is 1. The summed E-state index contributed by atoms with van der Waals surface area (Å²) in [5.74, 6) is 1.10. The quantitative estimate of drug-likeness (QED) is 0.830. The summed E-state index contributed by atoms with van der Waals surface area (Å²) >= 11 is 5.09. The zero-order valence-electron chi connectivity index (χ0n) is 12.5. The summed E-state index contributed by atoms with van der Waals surface area (Å²) in [6, 6.07) is 10.6. The highest BCUT2D eigenvalue weighted by atomic mass is 32.1. The van der Waals surface area contributed by atoms with Gasteiger partial charge in [0.05, 0.1) is 18.9 Å². The average molecular weight is 318 g/mol. The number of ether oxygens (including phenoxy) is 1. The monoisotopic (exact) mass is 318 g/mol. The molecule has 0 bridgehead atoms. The fourth-order valence-corrected chi connectivity index (χ4v) is 1.95. The molecule has 0 unspecified atom stereocenters. The molecule has 6 heteroatoms. The average Bonchev–Trinajstić information content (AvgIpc) is 2.98. The van der Waals surface area contributed by atoms with Crippen LogP contribution in [0.4, 0.5) is 0 Å². The highest BCUT2D eigenvalue weighted by Crippen LogP contribution is 2.14. The van der Waals surface area contributed by atoms with E-state index in [9.17, 15) is 4.79 Å². The minimum Gasteiger partial charge on any atom is -0.491 e. The van der Waals surface area contributed by atoms with Gasteiger partial charge in [0.25, 0.3) is 5.91 Å². The third-order valence-corrected chi connectivity index (χ3v) is 2.94. The lowest BCUT2D eigenvalue weighted by Gasteiger charge is -2.11. The van der Waals surface area contributed by atoms with Crippen LogP contribution in [-0.4, -0.2) is 17.1 Å². The topological polar surface area (TPSA) is 63.5 Å². The Labute approximate surface area is 134 Å². The van der Waals surface area contributed by atoms with Crippen LogP contribution in [0.5, 0.6) is 5.75 Å². The first-order chi connectivity index (χ1) is 10.5. The van der Waals surface area contributed by atoms with E-state index in [-0.39, 0.29) is 17.1 Å². The summed E-state index contributed by atoms with van der Waals surface area (Å²) in [5, 5.41) is 5.78. The molecule has 1 heterocycles. The van der Waals surface area contributed by atoms with Crippen LogP contribution in [0.2, 0.25) is 0 Å². The van der Waals surface area contributed by atoms with E-state index in [4.69, 9.17) is 21.4 Å². The predicted octanol–water partition coefficient (Wildman–Crippen LogP) is 2.87. The van der Waals surface area contributed by atoms with Gasteiger partial charge in [-0.05, 0) is 56.4 Å². The second-order valence-corrected chi connectivity index (χ2v) is 5.32. The molecule has 0 spiro atoms. The fraction of sp³-hybridized carbons (Fsp3) is 0.250. The smallest absolute Gasteiger partial charge is 0.257 e. The van der Waals surface area contributed by atoms with E-state index in [1.165, 1.54) is 0 Å². The van der Waals surface area contributed by atoms with Crippen molar-refractivity contribution in [2.45, 2.75) is 26.5 Å². The second-order valence-electron chi connectivity index (χ2n) is 4.91. The molecule has 22 heavy (non-hydrogen) atoms. The van der Waals surface area contributed by atoms with Gasteiger partial charge in [0, 0.05) is 5.56 Å². The minimum absolute atomic E-state index is 0.0503. The molecule has 2 N–H and O–H groups in total. The highest BCUT2D eigenvalue weighted by molar-refractivity contribution is 7.80. The summed E-state index contributed by atoms with van der Waals surface area (Å²) < 4.78 is 10.7. The van der Waals surface area contributed by atoms with E-state index in [2.05, 4.69) is 10.6 Å². The van der Waals surface area contributed by atoms with Crippen molar-refractivity contribution in [3.63, 3.8) is 0 Å². The van der Waals surface area contributed by atoms with E-state index >= 15 is 0 Å². The van der Waals surface area contributed by atoms with E-state index < -0.39 is 0 Å². The van der Waals surface area contributed by atoms with Crippen LogP contribution >= 0.6 is 12.2 Å². The molecule has 5 nitrogen and oxygen atoms in total. The van der Waals surface area contributed by atoms with Gasteiger partial charge in [-0.2, -0.15) is 0 Å². The Bertz CT molecular complexity index is 639. The second kappa shape index (κ2) is 7.61. The molecule has 0 saturated carbocycles. The normalized spacial score (nSPS) is 10.3. The summed E-state index contributed by atoms with van der Waals surface area (Å²) in [5.41, 5.74) is 0.486. The zero-order valence-corrected chi connectivity index (χ0v) is 13.3. The van der Waals surface area contributed by atoms with Gasteiger partial charge in [-0.1, -0.05) is 6.07 Å². The first-order valence-corrected chi connectivity index (χ1v) is 7.33. The molecule has 0 radical (unpaired) electrons. The lowest BCUT2D eigenvalue weighted by atomic mass is 10.2. The standard InChI is InChI=1S/C16H18N2O3S/c1-11(2)21-13-6-3-5-12(9-13)15(19)18-16(22)17-10-14-7-4-8-20-14/h3-9,11H,10H2,1-2H3,(H2,17,18,19,22). The first kappa shape index (κ1) is 16.0. The van der Waals surface area contributed by atoms with Gasteiger partial charge in [-0.3, -0.25) is 10.1 Å². The number of amides is 1. The molecule has 1 aromatic heterocycles. The molecule has 0 aliphatic rings. The molecular weight excluding hydrogens is 300 g/mol. The molecule has 0 saturated heterocycles. The number of thiocarbonyl (C=S) groups is 1. The number of carbonyl (C=O) groups excluding carboxylic acids is 1. The van der Waals surface area contributed by atoms with E-state index in [1.54, 1.807) is 30.5 Å². The van der Waals surface area contributed by atoms with Crippen molar-refractivity contribution >= 4 is 23.2 Å². The third kappa shape index (κ3) is 4.89. The number of hydrogen-bond donors (Lipinski definition) is 2. The lowest BCUT2D eigenvalue weighted by molar-refractivity contribution is 0.0976. The molecule has 116 valence electrons. The molecule has 0 fully saturated rings. The Morgan fingerprint density at radius 2 is 2.14 bits per heavy atom. The molecule has 1 aromatic carbocycles. The summed E-state index contributed by atoms with van der Waals surface area (Å²) in [6.45, 7) is 4.28. The molecule has 0 atom stereocenters. The van der Waals surface area contributed by atoms with Crippen LogP contribution in [0.1, 0.15) is 30.0 Å². The summed E-state index contributed by atoms with van der Waals surface area (Å²) in [6.07, 6.45) is 1.63. The van der Waals surface area contributed by atoms with Crippen molar-refractivity contribution in [3.05, 3.63) is 54.0 Å². The van der Waals surface area contributed by atoms with Crippen LogP contribution < -0.4 is 15.4 Å². The van der Waals surface area contributed by atoms with Gasteiger partial charge in [-0.15, -0.1) is 0 Å². The molecule has 2 aromatic rings. The molecule has 2 rings (SSSR count). The number of hydrogen-bond acceptors (Lipinski definition) is 4. The van der Waals surface area contributed by atoms with E-state index in [0.717, 1.165) is 5.76 Å². The van der Waals surface area contributed by atoms with Crippen molar-refractivity contribution < 1.29 is 13.9 Å². The van der Waals surface area contributed by atoms with Crippen molar-refractivity contribution in [1.29, 1.82) is 0 Å². The predicted molar refractivity (Wildman–Crippen MR) is 87.8 cm³/mol. The minimum atomic E-state index is -0.286. The SMILES string of the molecule is CC(C)Oc1cccc(C(=O)NC(=S)NCc2ccco2)c1. The van der Waals surface area contributed by atoms with Gasteiger partial charge in [0.2, 0.25) is 0 Å². The highest BCUT2D eigenvalue weighted by Gasteiger charge is 2.09. The molecule has 0 aliphatic carbocycles. The number of carbonyl (C=O) groups is 1. The maximum Gasteiger partial charge on any atom is 0.257 e. The van der Waals surface area contributed by atoms with Crippen molar-refractivity contribution in [3.8, 4) is 5.75 Å². The number of nitrogens with one attached hydrogen (secondary N) is 2. The Kier molecular flexibility index (Phi) is 5.55. The van der Waals surface area contributed by atoms with E-state index in [0.29, 0.717) is 17.9 Å². The van der Waals surface area contributed by atoms with Crippen LogP contribution in [0, 0.1) is 0 Å². The summed E-state index contributed by atoms with van der Waals surface area (Å²) in [4.78, 5) is 12.1. The Morgan fingerprint density at radius 3 is 2.82 bits per heavy atom. The van der Waals surface area contributed by atoms with Gasteiger partial charge >= 0.3 is 0 Å². The Morgan fingerprint density at radius 1 is 1.32 bits per heavy atom. The van der Waals surface area contributed by atoms with Gasteiger partial charge in [0.1, 0.15) is 11.5 Å². The summed E-state index contributed by atoms with van der Waals surface area (Å²) in [7, 11) is 0. The van der Waals surface area contributed by atoms with Crippen LogP contribution in [-0.2, 0) is 6.54 Å². The third-order valence-electron chi connectivity index (χ3n) is 2.70. The van der Waals surface area contributed by atoms with Crippen LogP contribution in [0.25, 0.3) is 0 Å². The van der Waals surface area contributed by atoms with Crippen molar-refractivity contribution in [1.82, 2.24) is 10.6 Å². The van der Waals surface area contributed by atoms with Gasteiger partial charge in [0.15, 0.2) is 5.11 Å². The molecule has 0 aliphatic heterocycles. The zero-order chi connectivity index (χ0) is 15.9. The van der Waals surface area contributed by atoms with Gasteiger partial charge < -0.3 is 14.5 Å². The molecular formula is C16H18N2O3S. The first-order valence-electron chi connectivity index (χ1n) is 6.93. The largest absolute Gasteiger partial charge is 0.491 e. The van der Waals surface area contributed by atoms with E-state index in [1.807, 2.05) is 26.0 Å². The number of furan rings is 1. The Balaban J connectivity index is 1.89. The Hall–Kier alpha value is -2.34. The van der Waals surface area contributed by atoms with Crippen LogP contribution in [0.15, 0.2) is 47.1 Å². The number of rotatable bonds is 5. The van der Waals surface area contributed by atoms with Crippen molar-refractivity contribution in [2.75, 3.05) is 0 Å². The fourth-order valence-electron chi connectivity index (χ4n) is 1.78. The lowest BCUT2D eigenvalue weighted by Crippen LogP contribution is -2.38. The maximum atomic E-state index is 12.1. The maximum absolute atomic E-state index is 12.1.